The SMILES string of the molecule is CCN(C(=O)c1ccc2c(c1)[C@@H](C)CC(C)(C)N2)c1ccccc1F. The van der Waals surface area contributed by atoms with Gasteiger partial charge in [0, 0.05) is 23.3 Å². The van der Waals surface area contributed by atoms with Crippen molar-refractivity contribution in [1.82, 2.24) is 0 Å². The van der Waals surface area contributed by atoms with Crippen LogP contribution in [0.2, 0.25) is 0 Å². The molecule has 1 aliphatic rings. The number of nitrogens with one attached hydrogen (secondary N) is 1. The topological polar surface area (TPSA) is 32.3 Å². The van der Waals surface area contributed by atoms with Crippen molar-refractivity contribution in [1.29, 1.82) is 0 Å². The number of amides is 1. The summed E-state index contributed by atoms with van der Waals surface area (Å²) in [4.78, 5) is 14.5. The number of carbonyl (C=O) groups is 1. The number of hydrogen-bond acceptors (Lipinski definition) is 2. The first kappa shape index (κ1) is 17.5. The Labute approximate surface area is 148 Å². The molecule has 0 aliphatic carbocycles. The molecule has 3 nitrogen and oxygen atoms in total. The summed E-state index contributed by atoms with van der Waals surface area (Å²) in [5, 5.41) is 3.53. The lowest BCUT2D eigenvalue weighted by atomic mass is 9.81. The lowest BCUT2D eigenvalue weighted by Crippen LogP contribution is -2.37. The smallest absolute Gasteiger partial charge is 0.258 e. The van der Waals surface area contributed by atoms with Crippen LogP contribution in [0.4, 0.5) is 15.8 Å². The predicted molar refractivity (Wildman–Crippen MR) is 101 cm³/mol. The molecule has 0 unspecified atom stereocenters. The van der Waals surface area contributed by atoms with Gasteiger partial charge in [0.05, 0.1) is 5.69 Å². The zero-order valence-electron chi connectivity index (χ0n) is 15.3. The number of halogens is 1. The summed E-state index contributed by atoms with van der Waals surface area (Å²) in [6.45, 7) is 8.82. The van der Waals surface area contributed by atoms with Gasteiger partial charge in [0.15, 0.2) is 0 Å². The van der Waals surface area contributed by atoms with E-state index >= 15 is 0 Å². The second kappa shape index (κ2) is 6.51. The van der Waals surface area contributed by atoms with Crippen molar-refractivity contribution < 1.29 is 9.18 Å². The average Bonchev–Trinajstić information content (AvgIpc) is 2.56. The molecule has 0 radical (unpaired) electrons. The fraction of sp³-hybridized carbons (Fsp3) is 0.381. The largest absolute Gasteiger partial charge is 0.380 e. The highest BCUT2D eigenvalue weighted by atomic mass is 19.1. The maximum atomic E-state index is 14.1. The normalized spacial score (nSPS) is 18.2. The molecular formula is C21H25FN2O. The molecule has 1 N–H and O–H groups in total. The maximum absolute atomic E-state index is 14.1. The molecule has 0 saturated heterocycles. The van der Waals surface area contributed by atoms with Gasteiger partial charge in [-0.25, -0.2) is 4.39 Å². The first-order valence-corrected chi connectivity index (χ1v) is 8.81. The number of carbonyl (C=O) groups excluding carboxylic acids is 1. The van der Waals surface area contributed by atoms with Gasteiger partial charge in [0.25, 0.3) is 5.91 Å². The summed E-state index contributed by atoms with van der Waals surface area (Å²) in [5.41, 5.74) is 3.18. The Hall–Kier alpha value is -2.36. The lowest BCUT2D eigenvalue weighted by Gasteiger charge is -2.37. The maximum Gasteiger partial charge on any atom is 0.258 e. The Morgan fingerprint density at radius 1 is 1.28 bits per heavy atom. The third kappa shape index (κ3) is 3.39. The Kier molecular flexibility index (Phi) is 4.55. The summed E-state index contributed by atoms with van der Waals surface area (Å²) in [7, 11) is 0. The molecule has 0 spiro atoms. The number of nitrogens with zero attached hydrogens (tertiary/aromatic N) is 1. The minimum atomic E-state index is -0.382. The van der Waals surface area contributed by atoms with E-state index in [4.69, 9.17) is 0 Å². The Balaban J connectivity index is 1.95. The molecule has 25 heavy (non-hydrogen) atoms. The molecule has 132 valence electrons. The third-order valence-corrected chi connectivity index (χ3v) is 4.82. The highest BCUT2D eigenvalue weighted by Gasteiger charge is 2.30. The molecule has 0 aromatic heterocycles. The van der Waals surface area contributed by atoms with Gasteiger partial charge >= 0.3 is 0 Å². The van der Waals surface area contributed by atoms with E-state index in [9.17, 15) is 9.18 Å². The Morgan fingerprint density at radius 3 is 2.68 bits per heavy atom. The average molecular weight is 340 g/mol. The zero-order chi connectivity index (χ0) is 18.2. The molecule has 1 atom stereocenters. The number of fused-ring (bicyclic) bond motifs is 1. The van der Waals surface area contributed by atoms with Crippen LogP contribution in [0.1, 0.15) is 56.0 Å². The highest BCUT2D eigenvalue weighted by molar-refractivity contribution is 6.06. The van der Waals surface area contributed by atoms with Gasteiger partial charge in [0.2, 0.25) is 0 Å². The first-order valence-electron chi connectivity index (χ1n) is 8.81. The fourth-order valence-corrected chi connectivity index (χ4v) is 3.76. The van der Waals surface area contributed by atoms with Crippen molar-refractivity contribution >= 4 is 17.3 Å². The van der Waals surface area contributed by atoms with Crippen LogP contribution in [-0.2, 0) is 0 Å². The second-order valence-corrected chi connectivity index (χ2v) is 7.42. The monoisotopic (exact) mass is 340 g/mol. The zero-order valence-corrected chi connectivity index (χ0v) is 15.3. The molecule has 0 fully saturated rings. The minimum Gasteiger partial charge on any atom is -0.380 e. The van der Waals surface area contributed by atoms with Crippen LogP contribution in [0, 0.1) is 5.82 Å². The van der Waals surface area contributed by atoms with Crippen LogP contribution in [0.3, 0.4) is 0 Å². The summed E-state index contributed by atoms with van der Waals surface area (Å²) in [5.74, 6) is -0.192. The van der Waals surface area contributed by atoms with E-state index in [1.165, 1.54) is 11.0 Å². The first-order chi connectivity index (χ1) is 11.8. The van der Waals surface area contributed by atoms with Gasteiger partial charge < -0.3 is 10.2 Å². The van der Waals surface area contributed by atoms with Crippen molar-refractivity contribution in [3.63, 3.8) is 0 Å². The molecule has 1 heterocycles. The molecule has 4 heteroatoms. The number of para-hydroxylation sites is 1. The quantitative estimate of drug-likeness (QED) is 0.834. The molecule has 0 saturated carbocycles. The van der Waals surface area contributed by atoms with Crippen molar-refractivity contribution in [2.45, 2.75) is 45.6 Å². The molecular weight excluding hydrogens is 315 g/mol. The van der Waals surface area contributed by atoms with Gasteiger partial charge in [0.1, 0.15) is 5.82 Å². The van der Waals surface area contributed by atoms with E-state index in [0.717, 1.165) is 17.7 Å². The van der Waals surface area contributed by atoms with Crippen LogP contribution in [0.15, 0.2) is 42.5 Å². The van der Waals surface area contributed by atoms with Gasteiger partial charge in [-0.15, -0.1) is 0 Å². The molecule has 2 aromatic carbocycles. The van der Waals surface area contributed by atoms with Gasteiger partial charge in [-0.3, -0.25) is 4.79 Å². The van der Waals surface area contributed by atoms with Crippen molar-refractivity contribution in [3.05, 3.63) is 59.4 Å². The van der Waals surface area contributed by atoms with Crippen molar-refractivity contribution in [2.75, 3.05) is 16.8 Å². The number of rotatable bonds is 3. The van der Waals surface area contributed by atoms with Crippen LogP contribution in [0.5, 0.6) is 0 Å². The van der Waals surface area contributed by atoms with Crippen LogP contribution >= 0.6 is 0 Å². The molecule has 3 rings (SSSR count). The summed E-state index contributed by atoms with van der Waals surface area (Å²) in [6, 6.07) is 12.1. The number of benzene rings is 2. The highest BCUT2D eigenvalue weighted by Crippen LogP contribution is 2.39. The van der Waals surface area contributed by atoms with Gasteiger partial charge in [-0.2, -0.15) is 0 Å². The standard InChI is InChI=1S/C21H25FN2O/c1-5-24(19-9-7-6-8-17(19)22)20(25)15-10-11-18-16(12-15)14(2)13-21(3,4)23-18/h6-12,14,23H,5,13H2,1-4H3/t14-/m0/s1. The van der Waals surface area contributed by atoms with Crippen molar-refractivity contribution in [3.8, 4) is 0 Å². The second-order valence-electron chi connectivity index (χ2n) is 7.42. The summed E-state index contributed by atoms with van der Waals surface area (Å²) in [6.07, 6.45) is 1.00. The van der Waals surface area contributed by atoms with E-state index in [-0.39, 0.29) is 17.3 Å². The molecule has 0 bridgehead atoms. The molecule has 2 aromatic rings. The molecule has 1 aliphatic heterocycles. The van der Waals surface area contributed by atoms with E-state index in [2.05, 4.69) is 26.1 Å². The number of anilines is 2. The van der Waals surface area contributed by atoms with Crippen LogP contribution < -0.4 is 10.2 Å². The van der Waals surface area contributed by atoms with E-state index in [1.54, 1.807) is 18.2 Å². The van der Waals surface area contributed by atoms with E-state index in [1.807, 2.05) is 25.1 Å². The van der Waals surface area contributed by atoms with E-state index in [0.29, 0.717) is 23.7 Å². The molecule has 1 amide bonds. The van der Waals surface area contributed by atoms with Crippen LogP contribution in [0.25, 0.3) is 0 Å². The van der Waals surface area contributed by atoms with Crippen LogP contribution in [-0.4, -0.2) is 18.0 Å². The summed E-state index contributed by atoms with van der Waals surface area (Å²) < 4.78 is 14.1. The summed E-state index contributed by atoms with van der Waals surface area (Å²) >= 11 is 0. The van der Waals surface area contributed by atoms with Crippen molar-refractivity contribution in [2.24, 2.45) is 0 Å². The van der Waals surface area contributed by atoms with Gasteiger partial charge in [-0.05, 0) is 69.0 Å². The third-order valence-electron chi connectivity index (χ3n) is 4.82. The van der Waals surface area contributed by atoms with Gasteiger partial charge in [-0.1, -0.05) is 19.1 Å². The Bertz CT molecular complexity index is 800. The van der Waals surface area contributed by atoms with E-state index < -0.39 is 0 Å². The lowest BCUT2D eigenvalue weighted by molar-refractivity contribution is 0.0987. The minimum absolute atomic E-state index is 0.0422. The number of hydrogen-bond donors (Lipinski definition) is 1. The Morgan fingerprint density at radius 2 is 2.00 bits per heavy atom. The predicted octanol–water partition coefficient (Wildman–Crippen LogP) is 5.19. The fourth-order valence-electron chi connectivity index (χ4n) is 3.76.